The molecule has 1 aromatic heterocycles. The van der Waals surface area contributed by atoms with Gasteiger partial charge in [0.1, 0.15) is 0 Å². The van der Waals surface area contributed by atoms with Crippen molar-refractivity contribution in [2.45, 2.75) is 22.5 Å². The van der Waals surface area contributed by atoms with E-state index in [2.05, 4.69) is 20.0 Å². The van der Waals surface area contributed by atoms with Gasteiger partial charge in [-0.15, -0.1) is 0 Å². The highest BCUT2D eigenvalue weighted by Gasteiger charge is 2.38. The lowest BCUT2D eigenvalue weighted by molar-refractivity contribution is -0.159. The quantitative estimate of drug-likeness (QED) is 0.694. The van der Waals surface area contributed by atoms with Crippen LogP contribution in [0.5, 0.6) is 0 Å². The number of alkyl halides is 3. The number of fused-ring (bicyclic) bond motifs is 2. The Labute approximate surface area is 145 Å². The van der Waals surface area contributed by atoms with Crippen LogP contribution in [0.4, 0.5) is 18.9 Å². The number of benzene rings is 2. The van der Waals surface area contributed by atoms with Crippen molar-refractivity contribution in [2.75, 3.05) is 5.32 Å². The molecule has 1 aliphatic heterocycles. The van der Waals surface area contributed by atoms with E-state index in [0.717, 1.165) is 0 Å². The molecule has 2 aromatic carbocycles. The molecule has 0 saturated heterocycles. The Bertz CT molecular complexity index is 1110. The maximum Gasteiger partial charge on any atom is 0.471 e. The summed E-state index contributed by atoms with van der Waals surface area (Å²) in [5, 5.41) is 6.34. The zero-order chi connectivity index (χ0) is 18.5. The van der Waals surface area contributed by atoms with E-state index in [1.165, 1.54) is 24.3 Å². The van der Waals surface area contributed by atoms with Crippen molar-refractivity contribution >= 4 is 15.5 Å². The molecule has 0 bridgehead atoms. The van der Waals surface area contributed by atoms with Gasteiger partial charge in [-0.25, -0.2) is 8.42 Å². The highest BCUT2D eigenvalue weighted by molar-refractivity contribution is 7.91. The van der Waals surface area contributed by atoms with Crippen LogP contribution in [0.25, 0.3) is 11.4 Å². The van der Waals surface area contributed by atoms with Crippen LogP contribution in [-0.2, 0) is 22.6 Å². The molecule has 0 aliphatic carbocycles. The van der Waals surface area contributed by atoms with Crippen LogP contribution in [-0.4, -0.2) is 18.6 Å². The molecular weight excluding hydrogens is 371 g/mol. The molecule has 10 heteroatoms. The zero-order valence-corrected chi connectivity index (χ0v) is 13.7. The number of rotatable bonds is 1. The fourth-order valence-electron chi connectivity index (χ4n) is 2.70. The molecular formula is C16H10F3N3O3S. The summed E-state index contributed by atoms with van der Waals surface area (Å²) in [6.45, 7) is 0.256. The van der Waals surface area contributed by atoms with Crippen LogP contribution in [0.15, 0.2) is 56.8 Å². The van der Waals surface area contributed by atoms with E-state index in [0.29, 0.717) is 11.3 Å². The van der Waals surface area contributed by atoms with Crippen LogP contribution < -0.4 is 5.32 Å². The third kappa shape index (κ3) is 2.62. The monoisotopic (exact) mass is 381 g/mol. The zero-order valence-electron chi connectivity index (χ0n) is 12.9. The number of sulfone groups is 1. The predicted molar refractivity (Wildman–Crippen MR) is 84.0 cm³/mol. The minimum absolute atomic E-state index is 0.00851. The summed E-state index contributed by atoms with van der Waals surface area (Å²) in [6, 6.07) is 10.7. The highest BCUT2D eigenvalue weighted by atomic mass is 32.2. The summed E-state index contributed by atoms with van der Waals surface area (Å²) in [4.78, 5) is 3.39. The van der Waals surface area contributed by atoms with Gasteiger partial charge in [-0.2, -0.15) is 18.2 Å². The summed E-state index contributed by atoms with van der Waals surface area (Å²) in [7, 11) is -3.86. The Hall–Kier alpha value is -2.88. The van der Waals surface area contributed by atoms with Gasteiger partial charge in [-0.1, -0.05) is 29.4 Å². The number of hydrogen-bond acceptors (Lipinski definition) is 6. The standard InChI is InChI=1S/C16H10F3N3O3S/c17-16(18,19)15-21-14(22-25-15)9-5-6-10-8-20-11-3-1-2-4-12(11)26(23,24)13(10)7-9/h1-7,20H,8H2. The Morgan fingerprint density at radius 1 is 1.08 bits per heavy atom. The molecule has 0 fully saturated rings. The summed E-state index contributed by atoms with van der Waals surface area (Å²) in [6.07, 6.45) is -4.77. The van der Waals surface area contributed by atoms with E-state index < -0.39 is 21.9 Å². The molecule has 0 spiro atoms. The Morgan fingerprint density at radius 2 is 1.85 bits per heavy atom. The smallest absolute Gasteiger partial charge is 0.380 e. The molecule has 0 amide bonds. The molecule has 26 heavy (non-hydrogen) atoms. The molecule has 1 aliphatic rings. The van der Waals surface area contributed by atoms with Gasteiger partial charge in [0, 0.05) is 12.1 Å². The average molecular weight is 381 g/mol. The van der Waals surface area contributed by atoms with Crippen molar-refractivity contribution in [1.82, 2.24) is 10.1 Å². The third-order valence-electron chi connectivity index (χ3n) is 3.93. The van der Waals surface area contributed by atoms with Crippen LogP contribution in [0.3, 0.4) is 0 Å². The Morgan fingerprint density at radius 3 is 2.58 bits per heavy atom. The molecule has 2 heterocycles. The van der Waals surface area contributed by atoms with Gasteiger partial charge in [0.25, 0.3) is 0 Å². The fourth-order valence-corrected chi connectivity index (χ4v) is 4.39. The first kappa shape index (κ1) is 16.6. The third-order valence-corrected chi connectivity index (χ3v) is 5.82. The molecule has 0 saturated carbocycles. The highest BCUT2D eigenvalue weighted by Crippen LogP contribution is 2.36. The largest absolute Gasteiger partial charge is 0.471 e. The number of nitrogens with zero attached hydrogens (tertiary/aromatic N) is 2. The SMILES string of the molecule is O=S1(=O)c2cc(-c3noc(C(F)(F)F)n3)ccc2CNc2ccccc21. The second kappa shape index (κ2) is 5.56. The maximum atomic E-state index is 13.0. The topological polar surface area (TPSA) is 85.1 Å². The normalized spacial score (nSPS) is 15.5. The summed E-state index contributed by atoms with van der Waals surface area (Å²) < 4.78 is 68.1. The lowest BCUT2D eigenvalue weighted by Gasteiger charge is -2.08. The molecule has 0 radical (unpaired) electrons. The summed E-state index contributed by atoms with van der Waals surface area (Å²) in [5.41, 5.74) is 1.07. The minimum Gasteiger partial charge on any atom is -0.380 e. The van der Waals surface area contributed by atoms with Crippen LogP contribution in [0, 0.1) is 0 Å². The van der Waals surface area contributed by atoms with Crippen LogP contribution >= 0.6 is 0 Å². The number of halogens is 3. The minimum atomic E-state index is -4.77. The lowest BCUT2D eigenvalue weighted by atomic mass is 10.1. The molecule has 134 valence electrons. The van der Waals surface area contributed by atoms with Gasteiger partial charge in [-0.05, 0) is 23.8 Å². The van der Waals surface area contributed by atoms with E-state index >= 15 is 0 Å². The van der Waals surface area contributed by atoms with Crippen molar-refractivity contribution < 1.29 is 26.1 Å². The molecule has 0 unspecified atom stereocenters. The van der Waals surface area contributed by atoms with Gasteiger partial charge < -0.3 is 9.84 Å². The first-order valence-electron chi connectivity index (χ1n) is 7.39. The molecule has 6 nitrogen and oxygen atoms in total. The number of anilines is 1. The van der Waals surface area contributed by atoms with Crippen LogP contribution in [0.1, 0.15) is 11.5 Å². The molecule has 0 atom stereocenters. The second-order valence-corrected chi connectivity index (χ2v) is 7.48. The predicted octanol–water partition coefficient (Wildman–Crippen LogP) is 3.51. The van der Waals surface area contributed by atoms with E-state index in [4.69, 9.17) is 0 Å². The van der Waals surface area contributed by atoms with E-state index in [1.54, 1.807) is 18.2 Å². The summed E-state index contributed by atoms with van der Waals surface area (Å²) >= 11 is 0. The van der Waals surface area contributed by atoms with Gasteiger partial charge in [-0.3, -0.25) is 0 Å². The van der Waals surface area contributed by atoms with Gasteiger partial charge >= 0.3 is 12.1 Å². The lowest BCUT2D eigenvalue weighted by Crippen LogP contribution is -2.05. The van der Waals surface area contributed by atoms with Gasteiger partial charge in [0.05, 0.1) is 15.5 Å². The van der Waals surface area contributed by atoms with Crippen molar-refractivity contribution in [2.24, 2.45) is 0 Å². The molecule has 1 N–H and O–H groups in total. The number of aromatic nitrogens is 2. The second-order valence-electron chi connectivity index (χ2n) is 5.60. The number of para-hydroxylation sites is 1. The van der Waals surface area contributed by atoms with Crippen molar-refractivity contribution in [3.63, 3.8) is 0 Å². The Kier molecular flexibility index (Phi) is 3.55. The van der Waals surface area contributed by atoms with Crippen molar-refractivity contribution in [3.8, 4) is 11.4 Å². The van der Waals surface area contributed by atoms with E-state index in [9.17, 15) is 21.6 Å². The van der Waals surface area contributed by atoms with E-state index in [1.807, 2.05) is 0 Å². The average Bonchev–Trinajstić information content (AvgIpc) is 3.07. The maximum absolute atomic E-state index is 13.0. The number of hydrogen-bond donors (Lipinski definition) is 1. The molecule has 4 rings (SSSR count). The van der Waals surface area contributed by atoms with E-state index in [-0.39, 0.29) is 27.7 Å². The molecule has 3 aromatic rings. The van der Waals surface area contributed by atoms with Gasteiger partial charge in [0.2, 0.25) is 15.7 Å². The fraction of sp³-hybridized carbons (Fsp3) is 0.125. The van der Waals surface area contributed by atoms with Crippen molar-refractivity contribution in [3.05, 3.63) is 53.9 Å². The Balaban J connectivity index is 1.86. The number of nitrogens with one attached hydrogen (secondary N) is 1. The summed E-state index contributed by atoms with van der Waals surface area (Å²) in [5.74, 6) is -1.82. The first-order valence-corrected chi connectivity index (χ1v) is 8.87. The van der Waals surface area contributed by atoms with Crippen LogP contribution in [0.2, 0.25) is 0 Å². The first-order chi connectivity index (χ1) is 12.3. The van der Waals surface area contributed by atoms with Gasteiger partial charge in [0.15, 0.2) is 0 Å². The van der Waals surface area contributed by atoms with Crippen molar-refractivity contribution in [1.29, 1.82) is 0 Å².